The van der Waals surface area contributed by atoms with Gasteiger partial charge in [0.1, 0.15) is 11.9 Å². The topological polar surface area (TPSA) is 68.5 Å². The Kier molecular flexibility index (Phi) is 3.00. The Labute approximate surface area is 93.0 Å². The van der Waals surface area contributed by atoms with Crippen LogP contribution in [0.1, 0.15) is 6.92 Å². The van der Waals surface area contributed by atoms with Crippen LogP contribution in [0.25, 0.3) is 0 Å². The molecule has 2 rings (SSSR count). The highest BCUT2D eigenvalue weighted by Crippen LogP contribution is 2.28. The molecule has 0 saturated carbocycles. The molecule has 0 aromatic carbocycles. The Morgan fingerprint density at radius 1 is 1.69 bits per heavy atom. The van der Waals surface area contributed by atoms with Crippen molar-refractivity contribution >= 4 is 11.4 Å². The lowest BCUT2D eigenvalue weighted by Crippen LogP contribution is -2.43. The monoisotopic (exact) mass is 223 g/mol. The minimum absolute atomic E-state index is 0.0521. The van der Waals surface area contributed by atoms with E-state index in [1.165, 1.54) is 6.20 Å². The zero-order chi connectivity index (χ0) is 11.5. The summed E-state index contributed by atoms with van der Waals surface area (Å²) in [6.45, 7) is 3.86. The summed E-state index contributed by atoms with van der Waals surface area (Å²) >= 11 is 0. The van der Waals surface area contributed by atoms with Crippen molar-refractivity contribution < 1.29 is 9.66 Å². The molecule has 2 heterocycles. The molecule has 1 aliphatic rings. The van der Waals surface area contributed by atoms with Crippen LogP contribution in [-0.2, 0) is 4.74 Å². The molecule has 1 aliphatic heterocycles. The Balaban J connectivity index is 2.34. The van der Waals surface area contributed by atoms with Gasteiger partial charge in [0, 0.05) is 18.8 Å². The minimum Gasteiger partial charge on any atom is -0.377 e. The van der Waals surface area contributed by atoms with Gasteiger partial charge in [-0.1, -0.05) is 0 Å². The van der Waals surface area contributed by atoms with Crippen molar-refractivity contribution in [1.29, 1.82) is 0 Å². The zero-order valence-corrected chi connectivity index (χ0v) is 9.00. The van der Waals surface area contributed by atoms with E-state index in [1.54, 1.807) is 12.3 Å². The van der Waals surface area contributed by atoms with Gasteiger partial charge in [0.2, 0.25) is 0 Å². The molecule has 0 N–H and O–H groups in total. The Morgan fingerprint density at radius 3 is 3.19 bits per heavy atom. The summed E-state index contributed by atoms with van der Waals surface area (Å²) in [4.78, 5) is 16.3. The van der Waals surface area contributed by atoms with E-state index in [1.807, 2.05) is 11.8 Å². The summed E-state index contributed by atoms with van der Waals surface area (Å²) in [5.74, 6) is 0. The highest BCUT2D eigenvalue weighted by molar-refractivity contribution is 5.62. The molecule has 1 atom stereocenters. The van der Waals surface area contributed by atoms with Gasteiger partial charge in [-0.15, -0.1) is 0 Å². The van der Waals surface area contributed by atoms with E-state index in [2.05, 4.69) is 4.98 Å². The fourth-order valence-electron chi connectivity index (χ4n) is 1.85. The first kappa shape index (κ1) is 10.8. The van der Waals surface area contributed by atoms with E-state index in [9.17, 15) is 10.1 Å². The van der Waals surface area contributed by atoms with Crippen LogP contribution in [0.15, 0.2) is 18.5 Å². The first-order chi connectivity index (χ1) is 7.70. The molecule has 0 bridgehead atoms. The van der Waals surface area contributed by atoms with Crippen molar-refractivity contribution in [1.82, 2.24) is 4.98 Å². The minimum atomic E-state index is -0.398. The van der Waals surface area contributed by atoms with Crippen LogP contribution in [0.3, 0.4) is 0 Å². The second-order valence-corrected chi connectivity index (χ2v) is 3.74. The van der Waals surface area contributed by atoms with E-state index >= 15 is 0 Å². The van der Waals surface area contributed by atoms with Gasteiger partial charge in [-0.05, 0) is 13.0 Å². The summed E-state index contributed by atoms with van der Waals surface area (Å²) in [5, 5.41) is 10.9. The van der Waals surface area contributed by atoms with Crippen LogP contribution < -0.4 is 4.90 Å². The van der Waals surface area contributed by atoms with Crippen LogP contribution in [0.2, 0.25) is 0 Å². The lowest BCUT2D eigenvalue weighted by molar-refractivity contribution is -0.384. The van der Waals surface area contributed by atoms with Gasteiger partial charge in [0.25, 0.3) is 0 Å². The smallest absolute Gasteiger partial charge is 0.310 e. The second-order valence-electron chi connectivity index (χ2n) is 3.74. The number of hydrogen-bond acceptors (Lipinski definition) is 5. The molecule has 6 heteroatoms. The standard InChI is InChI=1S/C10H13N3O3/c1-8-7-16-5-4-12(8)9-2-3-11-6-10(9)13(14)15/h2-3,6,8H,4-5,7H2,1H3/t8-/m0/s1. The molecular weight excluding hydrogens is 210 g/mol. The number of hydrogen-bond donors (Lipinski definition) is 0. The van der Waals surface area contributed by atoms with Gasteiger partial charge in [0.15, 0.2) is 0 Å². The molecule has 1 aromatic heterocycles. The average molecular weight is 223 g/mol. The zero-order valence-electron chi connectivity index (χ0n) is 9.00. The molecule has 1 aromatic rings. The molecule has 0 radical (unpaired) electrons. The summed E-state index contributed by atoms with van der Waals surface area (Å²) in [5.41, 5.74) is 0.673. The molecule has 0 unspecified atom stereocenters. The molecular formula is C10H13N3O3. The van der Waals surface area contributed by atoms with Crippen molar-refractivity contribution in [3.05, 3.63) is 28.6 Å². The number of morpholine rings is 1. The number of pyridine rings is 1. The predicted octanol–water partition coefficient (Wildman–Crippen LogP) is 1.21. The van der Waals surface area contributed by atoms with Crippen molar-refractivity contribution in [2.75, 3.05) is 24.7 Å². The van der Waals surface area contributed by atoms with Crippen LogP contribution in [0, 0.1) is 10.1 Å². The number of nitro groups is 1. The van der Waals surface area contributed by atoms with E-state index < -0.39 is 4.92 Å². The molecule has 1 saturated heterocycles. The van der Waals surface area contributed by atoms with Gasteiger partial charge in [-0.25, -0.2) is 0 Å². The number of aromatic nitrogens is 1. The first-order valence-electron chi connectivity index (χ1n) is 5.13. The summed E-state index contributed by atoms with van der Waals surface area (Å²) in [6.07, 6.45) is 2.86. The summed E-state index contributed by atoms with van der Waals surface area (Å²) in [7, 11) is 0. The van der Waals surface area contributed by atoms with E-state index in [0.717, 1.165) is 0 Å². The second kappa shape index (κ2) is 4.44. The first-order valence-corrected chi connectivity index (χ1v) is 5.13. The maximum absolute atomic E-state index is 10.9. The lowest BCUT2D eigenvalue weighted by Gasteiger charge is -2.34. The third-order valence-electron chi connectivity index (χ3n) is 2.65. The molecule has 1 fully saturated rings. The summed E-state index contributed by atoms with van der Waals surface area (Å²) < 4.78 is 5.31. The third-order valence-corrected chi connectivity index (χ3v) is 2.65. The van der Waals surface area contributed by atoms with Crippen LogP contribution >= 0.6 is 0 Å². The van der Waals surface area contributed by atoms with E-state index in [-0.39, 0.29) is 11.7 Å². The van der Waals surface area contributed by atoms with Crippen LogP contribution in [0.5, 0.6) is 0 Å². The molecule has 6 nitrogen and oxygen atoms in total. The van der Waals surface area contributed by atoms with Crippen molar-refractivity contribution in [3.63, 3.8) is 0 Å². The number of ether oxygens (including phenoxy) is 1. The van der Waals surface area contributed by atoms with Gasteiger partial charge in [-0.3, -0.25) is 15.1 Å². The van der Waals surface area contributed by atoms with Crippen LogP contribution in [0.4, 0.5) is 11.4 Å². The maximum Gasteiger partial charge on any atom is 0.310 e. The van der Waals surface area contributed by atoms with Gasteiger partial charge in [0.05, 0.1) is 18.1 Å². The van der Waals surface area contributed by atoms with Gasteiger partial charge >= 0.3 is 5.69 Å². The fourth-order valence-corrected chi connectivity index (χ4v) is 1.85. The Morgan fingerprint density at radius 2 is 2.50 bits per heavy atom. The number of anilines is 1. The van der Waals surface area contributed by atoms with Gasteiger partial charge < -0.3 is 9.64 Å². The predicted molar refractivity (Wildman–Crippen MR) is 58.5 cm³/mol. The fraction of sp³-hybridized carbons (Fsp3) is 0.500. The highest BCUT2D eigenvalue weighted by atomic mass is 16.6. The average Bonchev–Trinajstić information content (AvgIpc) is 2.29. The quantitative estimate of drug-likeness (QED) is 0.557. The maximum atomic E-state index is 10.9. The van der Waals surface area contributed by atoms with Crippen molar-refractivity contribution in [3.8, 4) is 0 Å². The molecule has 16 heavy (non-hydrogen) atoms. The summed E-state index contributed by atoms with van der Waals surface area (Å²) in [6, 6.07) is 1.83. The normalized spacial score (nSPS) is 20.8. The molecule has 86 valence electrons. The largest absolute Gasteiger partial charge is 0.377 e. The highest BCUT2D eigenvalue weighted by Gasteiger charge is 2.25. The van der Waals surface area contributed by atoms with E-state index in [0.29, 0.717) is 25.4 Å². The Bertz CT molecular complexity index is 397. The molecule has 0 spiro atoms. The van der Waals surface area contributed by atoms with Crippen molar-refractivity contribution in [2.24, 2.45) is 0 Å². The number of rotatable bonds is 2. The molecule has 0 amide bonds. The lowest BCUT2D eigenvalue weighted by atomic mass is 10.2. The van der Waals surface area contributed by atoms with E-state index in [4.69, 9.17) is 4.74 Å². The number of nitrogens with zero attached hydrogens (tertiary/aromatic N) is 3. The SMILES string of the molecule is C[C@H]1COCCN1c1ccncc1[N+](=O)[O-]. The Hall–Kier alpha value is -1.69. The van der Waals surface area contributed by atoms with Gasteiger partial charge in [-0.2, -0.15) is 0 Å². The van der Waals surface area contributed by atoms with Crippen LogP contribution in [-0.4, -0.2) is 35.7 Å². The molecule has 0 aliphatic carbocycles. The van der Waals surface area contributed by atoms with Crippen molar-refractivity contribution in [2.45, 2.75) is 13.0 Å². The third kappa shape index (κ3) is 1.96.